The minimum absolute atomic E-state index is 0.413. The summed E-state index contributed by atoms with van der Waals surface area (Å²) in [5.41, 5.74) is 0.948. The van der Waals surface area contributed by atoms with Gasteiger partial charge in [-0.15, -0.1) is 0 Å². The zero-order valence-corrected chi connectivity index (χ0v) is 11.3. The maximum absolute atomic E-state index is 10.9. The van der Waals surface area contributed by atoms with Crippen LogP contribution in [0.1, 0.15) is 52.4 Å². The summed E-state index contributed by atoms with van der Waals surface area (Å²) in [4.78, 5) is 0. The van der Waals surface area contributed by atoms with Gasteiger partial charge < -0.3 is 10.3 Å². The SMILES string of the molecule is C[N+]([O-])=CC1CC=C(CCCC(C)(C)O)CC1. The number of allylic oxidation sites excluding steroid dienone is 2. The first kappa shape index (κ1) is 14.2. The summed E-state index contributed by atoms with van der Waals surface area (Å²) in [5, 5.41) is 20.5. The van der Waals surface area contributed by atoms with E-state index in [1.807, 2.05) is 13.8 Å². The van der Waals surface area contributed by atoms with Crippen molar-refractivity contribution in [2.24, 2.45) is 5.92 Å². The predicted octanol–water partition coefficient (Wildman–Crippen LogP) is 2.87. The Labute approximate surface area is 104 Å². The Bertz CT molecular complexity index is 296. The van der Waals surface area contributed by atoms with Crippen molar-refractivity contribution in [1.82, 2.24) is 0 Å². The van der Waals surface area contributed by atoms with Crippen molar-refractivity contribution in [2.75, 3.05) is 7.05 Å². The highest BCUT2D eigenvalue weighted by molar-refractivity contribution is 5.56. The van der Waals surface area contributed by atoms with Crippen LogP contribution in [0.5, 0.6) is 0 Å². The van der Waals surface area contributed by atoms with Gasteiger partial charge in [0.15, 0.2) is 6.21 Å². The molecule has 0 spiro atoms. The van der Waals surface area contributed by atoms with Crippen LogP contribution >= 0.6 is 0 Å². The van der Waals surface area contributed by atoms with E-state index in [4.69, 9.17) is 0 Å². The summed E-state index contributed by atoms with van der Waals surface area (Å²) in [5.74, 6) is 0.413. The van der Waals surface area contributed by atoms with Gasteiger partial charge in [0.05, 0.1) is 5.60 Å². The van der Waals surface area contributed by atoms with Crippen molar-refractivity contribution in [2.45, 2.75) is 58.0 Å². The standard InChI is InChI=1S/C14H25NO2/c1-14(2,16)10-4-5-12-6-8-13(9-7-12)11-15(3)17/h6,11,13,16H,4-5,7-10H2,1-3H3. The van der Waals surface area contributed by atoms with E-state index >= 15 is 0 Å². The molecular formula is C14H25NO2. The van der Waals surface area contributed by atoms with Crippen LogP contribution in [0.15, 0.2) is 11.6 Å². The second-order valence-corrected chi connectivity index (χ2v) is 5.76. The normalized spacial score (nSPS) is 22.5. The Kier molecular flexibility index (Phi) is 5.19. The Morgan fingerprint density at radius 3 is 2.76 bits per heavy atom. The van der Waals surface area contributed by atoms with Crippen molar-refractivity contribution in [3.05, 3.63) is 16.9 Å². The highest BCUT2D eigenvalue weighted by Crippen LogP contribution is 2.26. The molecule has 0 aromatic rings. The van der Waals surface area contributed by atoms with Gasteiger partial charge in [-0.2, -0.15) is 0 Å². The third kappa shape index (κ3) is 6.47. The first-order valence-corrected chi connectivity index (χ1v) is 6.52. The van der Waals surface area contributed by atoms with Crippen molar-refractivity contribution in [3.8, 4) is 0 Å². The molecule has 0 saturated carbocycles. The van der Waals surface area contributed by atoms with Gasteiger partial charge in [-0.1, -0.05) is 11.6 Å². The molecule has 3 heteroatoms. The number of hydrogen-bond acceptors (Lipinski definition) is 2. The second-order valence-electron chi connectivity index (χ2n) is 5.76. The summed E-state index contributed by atoms with van der Waals surface area (Å²) in [6, 6.07) is 0. The van der Waals surface area contributed by atoms with E-state index in [1.54, 1.807) is 13.3 Å². The quantitative estimate of drug-likeness (QED) is 0.264. The Morgan fingerprint density at radius 1 is 1.59 bits per heavy atom. The fourth-order valence-corrected chi connectivity index (χ4v) is 2.32. The average Bonchev–Trinajstić information content (AvgIpc) is 2.18. The maximum Gasteiger partial charge on any atom is 0.154 e. The van der Waals surface area contributed by atoms with Gasteiger partial charge in [-0.05, 0) is 52.4 Å². The molecule has 98 valence electrons. The molecule has 0 aromatic carbocycles. The monoisotopic (exact) mass is 239 g/mol. The Balaban J connectivity index is 2.29. The second kappa shape index (κ2) is 6.20. The molecule has 1 rings (SSSR count). The van der Waals surface area contributed by atoms with Crippen LogP contribution in [0.3, 0.4) is 0 Å². The van der Waals surface area contributed by atoms with Gasteiger partial charge in [-0.25, -0.2) is 4.74 Å². The van der Waals surface area contributed by atoms with Gasteiger partial charge in [0.25, 0.3) is 0 Å². The lowest BCUT2D eigenvalue weighted by atomic mass is 9.87. The largest absolute Gasteiger partial charge is 0.624 e. The molecule has 0 amide bonds. The van der Waals surface area contributed by atoms with E-state index in [9.17, 15) is 10.3 Å². The van der Waals surface area contributed by atoms with Crippen molar-refractivity contribution >= 4 is 6.21 Å². The third-order valence-corrected chi connectivity index (χ3v) is 3.25. The number of rotatable bonds is 5. The molecule has 0 bridgehead atoms. The van der Waals surface area contributed by atoms with Gasteiger partial charge in [0.2, 0.25) is 0 Å². The summed E-state index contributed by atoms with van der Waals surface area (Å²) in [6.45, 7) is 3.72. The summed E-state index contributed by atoms with van der Waals surface area (Å²) in [7, 11) is 1.54. The van der Waals surface area contributed by atoms with E-state index in [2.05, 4.69) is 6.08 Å². The minimum Gasteiger partial charge on any atom is -0.624 e. The predicted molar refractivity (Wildman–Crippen MR) is 71.2 cm³/mol. The lowest BCUT2D eigenvalue weighted by Crippen LogP contribution is -2.18. The van der Waals surface area contributed by atoms with Crippen LogP contribution in [0, 0.1) is 11.1 Å². The molecule has 17 heavy (non-hydrogen) atoms. The summed E-state index contributed by atoms with van der Waals surface area (Å²) < 4.78 is 0.914. The minimum atomic E-state index is -0.545. The summed E-state index contributed by atoms with van der Waals surface area (Å²) >= 11 is 0. The highest BCUT2D eigenvalue weighted by Gasteiger charge is 2.16. The molecule has 0 aromatic heterocycles. The topological polar surface area (TPSA) is 46.3 Å². The van der Waals surface area contributed by atoms with Gasteiger partial charge >= 0.3 is 0 Å². The van der Waals surface area contributed by atoms with Crippen LogP contribution in [-0.2, 0) is 0 Å². The fraction of sp³-hybridized carbons (Fsp3) is 0.786. The molecule has 1 N–H and O–H groups in total. The zero-order valence-electron chi connectivity index (χ0n) is 11.3. The molecule has 1 aliphatic rings. The molecule has 0 heterocycles. The molecule has 0 saturated heterocycles. The molecule has 0 aliphatic heterocycles. The van der Waals surface area contributed by atoms with Gasteiger partial charge in [0, 0.05) is 5.92 Å². The van der Waals surface area contributed by atoms with Gasteiger partial charge in [-0.3, -0.25) is 0 Å². The maximum atomic E-state index is 10.9. The number of nitrogens with zero attached hydrogens (tertiary/aromatic N) is 1. The molecule has 0 fully saturated rings. The highest BCUT2D eigenvalue weighted by atomic mass is 16.5. The third-order valence-electron chi connectivity index (χ3n) is 3.25. The van der Waals surface area contributed by atoms with Crippen LogP contribution in [-0.4, -0.2) is 28.7 Å². The zero-order chi connectivity index (χ0) is 12.9. The van der Waals surface area contributed by atoms with E-state index in [-0.39, 0.29) is 0 Å². The Hall–Kier alpha value is -0.830. The molecule has 0 radical (unpaired) electrons. The average molecular weight is 239 g/mol. The number of hydrogen-bond donors (Lipinski definition) is 1. The molecule has 1 unspecified atom stereocenters. The molecule has 1 aliphatic carbocycles. The smallest absolute Gasteiger partial charge is 0.154 e. The first-order valence-electron chi connectivity index (χ1n) is 6.52. The lowest BCUT2D eigenvalue weighted by Gasteiger charge is -2.20. The van der Waals surface area contributed by atoms with Crippen molar-refractivity contribution in [1.29, 1.82) is 0 Å². The number of aliphatic hydroxyl groups is 1. The first-order chi connectivity index (χ1) is 7.87. The van der Waals surface area contributed by atoms with Crippen LogP contribution in [0.25, 0.3) is 0 Å². The van der Waals surface area contributed by atoms with E-state index < -0.39 is 5.60 Å². The molecule has 3 nitrogen and oxygen atoms in total. The number of hydroxylamine groups is 1. The molecular weight excluding hydrogens is 214 g/mol. The Morgan fingerprint density at radius 2 is 2.29 bits per heavy atom. The fourth-order valence-electron chi connectivity index (χ4n) is 2.32. The van der Waals surface area contributed by atoms with Crippen molar-refractivity contribution < 1.29 is 9.85 Å². The lowest BCUT2D eigenvalue weighted by molar-refractivity contribution is -0.420. The summed E-state index contributed by atoms with van der Waals surface area (Å²) in [6.07, 6.45) is 10.2. The van der Waals surface area contributed by atoms with E-state index in [0.29, 0.717) is 5.92 Å². The van der Waals surface area contributed by atoms with E-state index in [1.165, 1.54) is 5.57 Å². The van der Waals surface area contributed by atoms with Crippen LogP contribution in [0.4, 0.5) is 0 Å². The van der Waals surface area contributed by atoms with Crippen LogP contribution < -0.4 is 0 Å². The van der Waals surface area contributed by atoms with Crippen LogP contribution in [0.2, 0.25) is 0 Å². The van der Waals surface area contributed by atoms with Crippen molar-refractivity contribution in [3.63, 3.8) is 0 Å². The van der Waals surface area contributed by atoms with Gasteiger partial charge in [0.1, 0.15) is 7.05 Å². The molecule has 1 atom stereocenters. The van der Waals surface area contributed by atoms with E-state index in [0.717, 1.165) is 43.3 Å².